The first-order valence-electron chi connectivity index (χ1n) is 5.81. The van der Waals surface area contributed by atoms with Crippen molar-refractivity contribution in [2.45, 2.75) is 13.3 Å². The van der Waals surface area contributed by atoms with Gasteiger partial charge in [0.2, 0.25) is 5.75 Å². The quantitative estimate of drug-likeness (QED) is 0.584. The van der Waals surface area contributed by atoms with E-state index in [9.17, 15) is 20.1 Å². The van der Waals surface area contributed by atoms with Crippen molar-refractivity contribution in [3.05, 3.63) is 53.1 Å². The number of phenols is 3. The first-order chi connectivity index (χ1) is 8.99. The van der Waals surface area contributed by atoms with Crippen LogP contribution in [0.3, 0.4) is 0 Å². The van der Waals surface area contributed by atoms with E-state index in [1.54, 1.807) is 0 Å². The molecule has 0 aliphatic heterocycles. The lowest BCUT2D eigenvalue weighted by Gasteiger charge is -2.07. The van der Waals surface area contributed by atoms with Gasteiger partial charge in [-0.3, -0.25) is 4.79 Å². The number of aromatic hydroxyl groups is 3. The SMILES string of the molecule is Cc1cccc(CC(=O)c2ccc(O)c(O)c2O)c1. The van der Waals surface area contributed by atoms with Crippen molar-refractivity contribution in [2.24, 2.45) is 0 Å². The van der Waals surface area contributed by atoms with Gasteiger partial charge in [0.05, 0.1) is 5.56 Å². The molecule has 0 radical (unpaired) electrons. The van der Waals surface area contributed by atoms with Crippen LogP contribution in [0.25, 0.3) is 0 Å². The second-order valence-electron chi connectivity index (χ2n) is 4.42. The molecule has 0 heterocycles. The van der Waals surface area contributed by atoms with Gasteiger partial charge in [0, 0.05) is 6.42 Å². The van der Waals surface area contributed by atoms with Crippen LogP contribution in [-0.2, 0) is 6.42 Å². The predicted molar refractivity (Wildman–Crippen MR) is 70.6 cm³/mol. The fraction of sp³-hybridized carbons (Fsp3) is 0.133. The molecule has 19 heavy (non-hydrogen) atoms. The van der Waals surface area contributed by atoms with Gasteiger partial charge in [-0.15, -0.1) is 0 Å². The Hall–Kier alpha value is -2.49. The lowest BCUT2D eigenvalue weighted by molar-refractivity contribution is 0.0989. The number of aryl methyl sites for hydroxylation is 1. The molecule has 4 heteroatoms. The Kier molecular flexibility index (Phi) is 3.42. The molecule has 0 bridgehead atoms. The Morgan fingerprint density at radius 1 is 1.05 bits per heavy atom. The molecule has 0 unspecified atom stereocenters. The number of benzene rings is 2. The van der Waals surface area contributed by atoms with Gasteiger partial charge < -0.3 is 15.3 Å². The lowest BCUT2D eigenvalue weighted by atomic mass is 10.0. The molecule has 0 amide bonds. The third-order valence-corrected chi connectivity index (χ3v) is 2.88. The predicted octanol–water partition coefficient (Wildman–Crippen LogP) is 2.54. The molecule has 98 valence electrons. The van der Waals surface area contributed by atoms with Gasteiger partial charge in [0.1, 0.15) is 0 Å². The maximum Gasteiger partial charge on any atom is 0.201 e. The summed E-state index contributed by atoms with van der Waals surface area (Å²) in [6.07, 6.45) is 0.124. The van der Waals surface area contributed by atoms with Crippen LogP contribution >= 0.6 is 0 Å². The largest absolute Gasteiger partial charge is 0.504 e. The second kappa shape index (κ2) is 5.02. The summed E-state index contributed by atoms with van der Waals surface area (Å²) in [7, 11) is 0. The van der Waals surface area contributed by atoms with Crippen LogP contribution in [0.4, 0.5) is 0 Å². The van der Waals surface area contributed by atoms with Gasteiger partial charge >= 0.3 is 0 Å². The molecule has 0 fully saturated rings. The average molecular weight is 258 g/mol. The Balaban J connectivity index is 2.28. The van der Waals surface area contributed by atoms with Gasteiger partial charge in [-0.25, -0.2) is 0 Å². The fourth-order valence-corrected chi connectivity index (χ4v) is 1.90. The number of hydrogen-bond donors (Lipinski definition) is 3. The molecular weight excluding hydrogens is 244 g/mol. The number of phenolic OH excluding ortho intramolecular Hbond substituents is 3. The Bertz CT molecular complexity index is 632. The first-order valence-corrected chi connectivity index (χ1v) is 5.81. The summed E-state index contributed by atoms with van der Waals surface area (Å²) < 4.78 is 0. The monoisotopic (exact) mass is 258 g/mol. The molecule has 0 saturated carbocycles. The van der Waals surface area contributed by atoms with Crippen LogP contribution in [0.5, 0.6) is 17.2 Å². The van der Waals surface area contributed by atoms with E-state index in [0.29, 0.717) is 0 Å². The van der Waals surface area contributed by atoms with Crippen molar-refractivity contribution in [3.8, 4) is 17.2 Å². The molecule has 0 aromatic heterocycles. The number of ketones is 1. The lowest BCUT2D eigenvalue weighted by Crippen LogP contribution is -2.04. The zero-order valence-corrected chi connectivity index (χ0v) is 10.4. The van der Waals surface area contributed by atoms with Gasteiger partial charge in [-0.05, 0) is 24.6 Å². The second-order valence-corrected chi connectivity index (χ2v) is 4.42. The zero-order chi connectivity index (χ0) is 14.0. The van der Waals surface area contributed by atoms with E-state index >= 15 is 0 Å². The van der Waals surface area contributed by atoms with Crippen LogP contribution in [0, 0.1) is 6.92 Å². The molecule has 2 aromatic carbocycles. The Morgan fingerprint density at radius 3 is 2.47 bits per heavy atom. The molecule has 0 aliphatic rings. The molecule has 0 aliphatic carbocycles. The molecule has 2 rings (SSSR count). The van der Waals surface area contributed by atoms with E-state index in [0.717, 1.165) is 11.1 Å². The molecular formula is C15H14O4. The van der Waals surface area contributed by atoms with E-state index in [4.69, 9.17) is 0 Å². The third-order valence-electron chi connectivity index (χ3n) is 2.88. The Morgan fingerprint density at radius 2 is 1.79 bits per heavy atom. The summed E-state index contributed by atoms with van der Waals surface area (Å²) in [6, 6.07) is 9.96. The number of carbonyl (C=O) groups is 1. The van der Waals surface area contributed by atoms with Crippen LogP contribution < -0.4 is 0 Å². The number of rotatable bonds is 3. The van der Waals surface area contributed by atoms with Gasteiger partial charge in [0.15, 0.2) is 17.3 Å². The number of hydrogen-bond acceptors (Lipinski definition) is 4. The molecule has 0 saturated heterocycles. The van der Waals surface area contributed by atoms with E-state index in [1.807, 2.05) is 31.2 Å². The topological polar surface area (TPSA) is 77.8 Å². The highest BCUT2D eigenvalue weighted by atomic mass is 16.3. The van der Waals surface area contributed by atoms with Gasteiger partial charge in [-0.1, -0.05) is 29.8 Å². The summed E-state index contributed by atoms with van der Waals surface area (Å²) in [5, 5.41) is 28.3. The molecule has 0 spiro atoms. The van der Waals surface area contributed by atoms with Crippen molar-refractivity contribution in [1.29, 1.82) is 0 Å². The van der Waals surface area contributed by atoms with Crippen molar-refractivity contribution < 1.29 is 20.1 Å². The summed E-state index contributed by atoms with van der Waals surface area (Å²) >= 11 is 0. The van der Waals surface area contributed by atoms with Crippen LogP contribution in [0.1, 0.15) is 21.5 Å². The van der Waals surface area contributed by atoms with Crippen molar-refractivity contribution >= 4 is 5.78 Å². The number of carbonyl (C=O) groups excluding carboxylic acids is 1. The normalized spacial score (nSPS) is 10.4. The molecule has 0 atom stereocenters. The minimum absolute atomic E-state index is 0.00296. The van der Waals surface area contributed by atoms with E-state index in [1.165, 1.54) is 12.1 Å². The van der Waals surface area contributed by atoms with Crippen molar-refractivity contribution in [3.63, 3.8) is 0 Å². The maximum atomic E-state index is 12.1. The summed E-state index contributed by atoms with van der Waals surface area (Å²) in [5.41, 5.74) is 1.87. The van der Waals surface area contributed by atoms with E-state index in [-0.39, 0.29) is 17.8 Å². The van der Waals surface area contributed by atoms with E-state index in [2.05, 4.69) is 0 Å². The van der Waals surface area contributed by atoms with Gasteiger partial charge in [-0.2, -0.15) is 0 Å². The highest BCUT2D eigenvalue weighted by molar-refractivity contribution is 6.00. The van der Waals surface area contributed by atoms with Crippen LogP contribution in [-0.4, -0.2) is 21.1 Å². The van der Waals surface area contributed by atoms with Crippen molar-refractivity contribution in [1.82, 2.24) is 0 Å². The highest BCUT2D eigenvalue weighted by Gasteiger charge is 2.17. The highest BCUT2D eigenvalue weighted by Crippen LogP contribution is 2.37. The first kappa shape index (κ1) is 13.0. The minimum Gasteiger partial charge on any atom is -0.504 e. The minimum atomic E-state index is -0.671. The average Bonchev–Trinajstić information content (AvgIpc) is 2.36. The summed E-state index contributed by atoms with van der Waals surface area (Å²) in [5.74, 6) is -2.03. The standard InChI is InChI=1S/C15H14O4/c1-9-3-2-4-10(7-9)8-13(17)11-5-6-12(16)15(19)14(11)18/h2-7,16,18-19H,8H2,1H3. The van der Waals surface area contributed by atoms with Gasteiger partial charge in [0.25, 0.3) is 0 Å². The molecule has 2 aromatic rings. The Labute approximate surface area is 110 Å². The van der Waals surface area contributed by atoms with E-state index < -0.39 is 17.2 Å². The van der Waals surface area contributed by atoms with Crippen LogP contribution in [0.2, 0.25) is 0 Å². The smallest absolute Gasteiger partial charge is 0.201 e. The maximum absolute atomic E-state index is 12.1. The fourth-order valence-electron chi connectivity index (χ4n) is 1.90. The number of Topliss-reactive ketones (excluding diaryl/α,β-unsaturated/α-hetero) is 1. The summed E-state index contributed by atoms with van der Waals surface area (Å²) in [4.78, 5) is 12.1. The van der Waals surface area contributed by atoms with Crippen molar-refractivity contribution in [2.75, 3.05) is 0 Å². The van der Waals surface area contributed by atoms with Crippen LogP contribution in [0.15, 0.2) is 36.4 Å². The molecule has 4 nitrogen and oxygen atoms in total. The summed E-state index contributed by atoms with van der Waals surface area (Å²) in [6.45, 7) is 1.93. The third kappa shape index (κ3) is 2.68. The zero-order valence-electron chi connectivity index (χ0n) is 10.4. The molecule has 3 N–H and O–H groups in total.